The minimum absolute atomic E-state index is 0.178. The van der Waals surface area contributed by atoms with E-state index in [1.807, 2.05) is 24.5 Å². The number of aromatic nitrogens is 7. The molecule has 0 aliphatic heterocycles. The number of fused-ring (bicyclic) bond motifs is 3. The van der Waals surface area contributed by atoms with Gasteiger partial charge in [0.15, 0.2) is 6.33 Å². The summed E-state index contributed by atoms with van der Waals surface area (Å²) in [6, 6.07) is 43.6. The van der Waals surface area contributed by atoms with Crippen molar-refractivity contribution in [3.8, 4) is 5.95 Å². The number of benzene rings is 4. The molecule has 0 amide bonds. The van der Waals surface area contributed by atoms with Crippen LogP contribution in [0.1, 0.15) is 49.9 Å². The summed E-state index contributed by atoms with van der Waals surface area (Å²) in [6.45, 7) is 13.9. The number of pyridine rings is 2. The molecule has 4 aromatic carbocycles. The molecule has 0 saturated carbocycles. The van der Waals surface area contributed by atoms with Gasteiger partial charge in [-0.3, -0.25) is 14.5 Å². The molecule has 0 aliphatic rings. The van der Waals surface area contributed by atoms with Gasteiger partial charge in [0.25, 0.3) is 5.95 Å². The summed E-state index contributed by atoms with van der Waals surface area (Å²) in [6.07, 6.45) is 5.10. The van der Waals surface area contributed by atoms with Crippen molar-refractivity contribution in [2.24, 2.45) is 0 Å². The molecule has 0 N–H and O–H groups in total. The zero-order chi connectivity index (χ0) is 36.7. The molecule has 4 aromatic heterocycles. The van der Waals surface area contributed by atoms with Gasteiger partial charge in [0.1, 0.15) is 0 Å². The smallest absolute Gasteiger partial charge is 0.273 e. The van der Waals surface area contributed by atoms with Gasteiger partial charge >= 0.3 is 0 Å². The molecule has 9 heteroatoms. The lowest BCUT2D eigenvalue weighted by Gasteiger charge is -2.27. The molecule has 258 valence electrons. The lowest BCUT2D eigenvalue weighted by molar-refractivity contribution is 0.641. The quantitative estimate of drug-likeness (QED) is 0.166. The van der Waals surface area contributed by atoms with Crippen molar-refractivity contribution in [1.82, 2.24) is 34.9 Å². The Hall–Kier alpha value is -5.95. The van der Waals surface area contributed by atoms with E-state index in [0.29, 0.717) is 5.95 Å². The molecule has 0 spiro atoms. The topological polar surface area (TPSA) is 82.3 Å². The molecule has 0 bridgehead atoms. The predicted molar refractivity (Wildman–Crippen MR) is 219 cm³/mol. The van der Waals surface area contributed by atoms with E-state index in [4.69, 9.17) is 0 Å². The van der Waals surface area contributed by atoms with E-state index in [1.54, 1.807) is 0 Å². The lowest BCUT2D eigenvalue weighted by atomic mass is 9.44. The standard InChI is InChI=1S/C44H41B2N7/c1-43(2,30-13-11-15-34(25-30)45(5)40-17-7-9-23-47-40)32-19-21-36-37-22-20-33(28-39(37)53(38(36)27-32)42-51-49-29-50-52-42)44(3,4)31-14-12-16-35(26-31)46(6)41-18-8-10-24-48-41/h7-29H,1-6H3. The molecule has 0 unspecified atom stereocenters. The Morgan fingerprint density at radius 3 is 1.38 bits per heavy atom. The number of rotatable bonds is 9. The van der Waals surface area contributed by atoms with Crippen LogP contribution in [0.5, 0.6) is 0 Å². The summed E-state index contributed by atoms with van der Waals surface area (Å²) in [5.41, 5.74) is 10.9. The third-order valence-corrected chi connectivity index (χ3v) is 11.3. The van der Waals surface area contributed by atoms with Gasteiger partial charge in [-0.25, -0.2) is 0 Å². The molecule has 8 aromatic rings. The maximum absolute atomic E-state index is 4.63. The fourth-order valence-corrected chi connectivity index (χ4v) is 7.63. The monoisotopic (exact) mass is 689 g/mol. The van der Waals surface area contributed by atoms with Gasteiger partial charge in [0.2, 0.25) is 13.4 Å². The third-order valence-electron chi connectivity index (χ3n) is 11.3. The zero-order valence-corrected chi connectivity index (χ0v) is 31.1. The Labute approximate surface area is 311 Å². The second kappa shape index (κ2) is 13.5. The first-order valence-corrected chi connectivity index (χ1v) is 18.3. The fourth-order valence-electron chi connectivity index (χ4n) is 7.63. The van der Waals surface area contributed by atoms with Crippen LogP contribution in [0.15, 0.2) is 140 Å². The molecular formula is C44H41B2N7. The molecule has 0 radical (unpaired) electrons. The van der Waals surface area contributed by atoms with Gasteiger partial charge < -0.3 is 0 Å². The van der Waals surface area contributed by atoms with E-state index in [9.17, 15) is 0 Å². The van der Waals surface area contributed by atoms with Crippen molar-refractivity contribution in [2.75, 3.05) is 0 Å². The summed E-state index contributed by atoms with van der Waals surface area (Å²) >= 11 is 0. The number of nitrogens with zero attached hydrogens (tertiary/aromatic N) is 7. The van der Waals surface area contributed by atoms with E-state index >= 15 is 0 Å². The zero-order valence-electron chi connectivity index (χ0n) is 31.1. The molecule has 0 fully saturated rings. The first kappa shape index (κ1) is 34.2. The molecular weight excluding hydrogens is 648 g/mol. The van der Waals surface area contributed by atoms with Crippen LogP contribution in [0.3, 0.4) is 0 Å². The maximum Gasteiger partial charge on any atom is 0.273 e. The SMILES string of the molecule is CB(c1cccc(C(C)(C)c2ccc3c4ccc(C(C)(C)c5cccc(B(C)c6ccccn6)c5)cc4n(-c4nncnn4)c3c2)c1)c1ccccn1. The summed E-state index contributed by atoms with van der Waals surface area (Å²) < 4.78 is 2.11. The van der Waals surface area contributed by atoms with Crippen LogP contribution in [-0.2, 0) is 10.8 Å². The van der Waals surface area contributed by atoms with Crippen molar-refractivity contribution < 1.29 is 0 Å². The Morgan fingerprint density at radius 2 is 0.943 bits per heavy atom. The number of hydrogen-bond donors (Lipinski definition) is 0. The minimum atomic E-state index is -0.298. The summed E-state index contributed by atoms with van der Waals surface area (Å²) in [5, 5.41) is 19.5. The van der Waals surface area contributed by atoms with E-state index in [2.05, 4.69) is 185 Å². The Bertz CT molecular complexity index is 2400. The van der Waals surface area contributed by atoms with Crippen LogP contribution in [0.4, 0.5) is 0 Å². The van der Waals surface area contributed by atoms with Gasteiger partial charge in [-0.15, -0.1) is 20.4 Å². The minimum Gasteiger partial charge on any atom is -0.275 e. The Morgan fingerprint density at radius 1 is 0.491 bits per heavy atom. The van der Waals surface area contributed by atoms with Gasteiger partial charge in [0.05, 0.1) is 11.0 Å². The average molecular weight is 689 g/mol. The highest BCUT2D eigenvalue weighted by Crippen LogP contribution is 2.39. The van der Waals surface area contributed by atoms with Gasteiger partial charge in [-0.05, 0) is 58.7 Å². The Kier molecular flexibility index (Phi) is 8.73. The largest absolute Gasteiger partial charge is 0.275 e. The van der Waals surface area contributed by atoms with E-state index < -0.39 is 0 Å². The van der Waals surface area contributed by atoms with Crippen LogP contribution in [0, 0.1) is 0 Å². The molecule has 7 nitrogen and oxygen atoms in total. The van der Waals surface area contributed by atoms with Crippen LogP contribution < -0.4 is 22.1 Å². The van der Waals surface area contributed by atoms with Crippen molar-refractivity contribution in [3.05, 3.63) is 162 Å². The number of hydrogen-bond acceptors (Lipinski definition) is 6. The highest BCUT2D eigenvalue weighted by molar-refractivity contribution is 6.84. The second-order valence-electron chi connectivity index (χ2n) is 15.1. The third kappa shape index (κ3) is 6.20. The molecule has 53 heavy (non-hydrogen) atoms. The van der Waals surface area contributed by atoms with Gasteiger partial charge in [0, 0.05) is 45.2 Å². The van der Waals surface area contributed by atoms with Crippen molar-refractivity contribution >= 4 is 57.3 Å². The van der Waals surface area contributed by atoms with Crippen LogP contribution in [0.2, 0.25) is 13.6 Å². The summed E-state index contributed by atoms with van der Waals surface area (Å²) in [5.74, 6) is 0.440. The second-order valence-corrected chi connectivity index (χ2v) is 15.1. The summed E-state index contributed by atoms with van der Waals surface area (Å²) in [7, 11) is 0. The van der Waals surface area contributed by atoms with Gasteiger partial charge in [-0.2, -0.15) is 0 Å². The van der Waals surface area contributed by atoms with Crippen molar-refractivity contribution in [2.45, 2.75) is 52.2 Å². The van der Waals surface area contributed by atoms with Crippen molar-refractivity contribution in [1.29, 1.82) is 0 Å². The summed E-state index contributed by atoms with van der Waals surface area (Å²) in [4.78, 5) is 9.26. The van der Waals surface area contributed by atoms with Crippen molar-refractivity contribution in [3.63, 3.8) is 0 Å². The molecule has 0 aliphatic carbocycles. The maximum atomic E-state index is 4.63. The molecule has 4 heterocycles. The lowest BCUT2D eigenvalue weighted by Crippen LogP contribution is -2.41. The molecule has 0 atom stereocenters. The van der Waals surface area contributed by atoms with Crippen LogP contribution in [0.25, 0.3) is 27.8 Å². The van der Waals surface area contributed by atoms with E-state index in [0.717, 1.165) is 33.0 Å². The fraction of sp³-hybridized carbons (Fsp3) is 0.182. The van der Waals surface area contributed by atoms with E-state index in [-0.39, 0.29) is 24.3 Å². The molecule has 8 rings (SSSR count). The highest BCUT2D eigenvalue weighted by atomic mass is 15.3. The first-order valence-electron chi connectivity index (χ1n) is 18.3. The Balaban J connectivity index is 1.23. The average Bonchev–Trinajstić information content (AvgIpc) is 3.54. The van der Waals surface area contributed by atoms with Crippen LogP contribution in [-0.4, -0.2) is 48.4 Å². The van der Waals surface area contributed by atoms with Gasteiger partial charge in [-0.1, -0.05) is 137 Å². The first-order chi connectivity index (χ1) is 25.6. The van der Waals surface area contributed by atoms with E-state index in [1.165, 1.54) is 39.5 Å². The normalized spacial score (nSPS) is 12.0. The highest BCUT2D eigenvalue weighted by Gasteiger charge is 2.29. The predicted octanol–water partition coefficient (Wildman–Crippen LogP) is 6.28. The molecule has 0 saturated heterocycles. The van der Waals surface area contributed by atoms with Crippen LogP contribution >= 0.6 is 0 Å².